The van der Waals surface area contributed by atoms with E-state index in [4.69, 9.17) is 11.5 Å². The summed E-state index contributed by atoms with van der Waals surface area (Å²) in [5.41, 5.74) is 11.2. The van der Waals surface area contributed by atoms with E-state index in [-0.39, 0.29) is 19.3 Å². The van der Waals surface area contributed by atoms with Crippen LogP contribution in [0, 0.1) is 5.92 Å². The third-order valence-corrected chi connectivity index (χ3v) is 4.89. The minimum Gasteiger partial charge on any atom is -0.481 e. The van der Waals surface area contributed by atoms with Crippen molar-refractivity contribution < 1.29 is 39.0 Å². The van der Waals surface area contributed by atoms with Gasteiger partial charge in [-0.25, -0.2) is 9.78 Å². The summed E-state index contributed by atoms with van der Waals surface area (Å²) in [5.74, 6) is -6.62. The van der Waals surface area contributed by atoms with E-state index in [1.165, 1.54) is 12.5 Å². The number of hydrogen-bond donors (Lipinski definition) is 8. The van der Waals surface area contributed by atoms with Crippen LogP contribution in [0.2, 0.25) is 0 Å². The summed E-state index contributed by atoms with van der Waals surface area (Å²) in [6.45, 7) is 3.19. The molecule has 0 fully saturated rings. The highest BCUT2D eigenvalue weighted by Gasteiger charge is 2.33. The number of carbonyl (C=O) groups is 6. The van der Waals surface area contributed by atoms with Gasteiger partial charge in [0.25, 0.3) is 0 Å². The van der Waals surface area contributed by atoms with Crippen molar-refractivity contribution in [1.29, 1.82) is 0 Å². The van der Waals surface area contributed by atoms with E-state index in [9.17, 15) is 39.0 Å². The van der Waals surface area contributed by atoms with E-state index in [2.05, 4.69) is 25.9 Å². The Kier molecular flexibility index (Phi) is 11.3. The standard InChI is InChI=1S/C20H31N7O8/c1-9(2)16(27-17(31)11(21)3-4-14(22)28)19(33)25-12(6-15(29)30)18(32)26-13(20(34)35)5-10-7-23-8-24-10/h7-9,11-13,16H,3-6,21H2,1-2H3,(H2,22,28)(H,23,24)(H,25,33)(H,26,32)(H,27,31)(H,29,30)(H,34,35). The van der Waals surface area contributed by atoms with Crippen molar-refractivity contribution >= 4 is 35.6 Å². The number of rotatable bonds is 15. The maximum Gasteiger partial charge on any atom is 0.326 e. The Hall–Kier alpha value is -4.01. The average Bonchev–Trinajstić information content (AvgIpc) is 3.26. The number of aromatic amines is 1. The van der Waals surface area contributed by atoms with Gasteiger partial charge in [-0.15, -0.1) is 0 Å². The molecular formula is C20H31N7O8. The van der Waals surface area contributed by atoms with Crippen LogP contribution in [0.1, 0.15) is 38.8 Å². The number of carboxylic acids is 2. The van der Waals surface area contributed by atoms with Gasteiger partial charge in [0.2, 0.25) is 23.6 Å². The van der Waals surface area contributed by atoms with Crippen LogP contribution in [0.25, 0.3) is 0 Å². The van der Waals surface area contributed by atoms with E-state index >= 15 is 0 Å². The van der Waals surface area contributed by atoms with E-state index < -0.39 is 72.1 Å². The van der Waals surface area contributed by atoms with E-state index in [0.29, 0.717) is 5.69 Å². The predicted molar refractivity (Wildman–Crippen MR) is 119 cm³/mol. The Balaban J connectivity index is 2.93. The molecule has 4 unspecified atom stereocenters. The first-order valence-electron chi connectivity index (χ1n) is 10.7. The second kappa shape index (κ2) is 13.6. The van der Waals surface area contributed by atoms with Crippen LogP contribution in [0.3, 0.4) is 0 Å². The average molecular weight is 498 g/mol. The van der Waals surface area contributed by atoms with Gasteiger partial charge in [0.15, 0.2) is 0 Å². The highest BCUT2D eigenvalue weighted by molar-refractivity contribution is 5.95. The molecular weight excluding hydrogens is 466 g/mol. The van der Waals surface area contributed by atoms with E-state index in [1.807, 2.05) is 0 Å². The van der Waals surface area contributed by atoms with Crippen molar-refractivity contribution in [3.63, 3.8) is 0 Å². The lowest BCUT2D eigenvalue weighted by Gasteiger charge is -2.26. The number of aliphatic carboxylic acids is 2. The third kappa shape index (κ3) is 10.2. The van der Waals surface area contributed by atoms with Crippen molar-refractivity contribution in [2.24, 2.45) is 17.4 Å². The Morgan fingerprint density at radius 3 is 2.11 bits per heavy atom. The maximum atomic E-state index is 12.8. The van der Waals surface area contributed by atoms with Crippen molar-refractivity contribution in [2.75, 3.05) is 0 Å². The van der Waals surface area contributed by atoms with Gasteiger partial charge in [0, 0.05) is 24.7 Å². The Bertz CT molecular complexity index is 919. The molecule has 15 nitrogen and oxygen atoms in total. The summed E-state index contributed by atoms with van der Waals surface area (Å²) in [6, 6.07) is -5.40. The van der Waals surface area contributed by atoms with Crippen molar-refractivity contribution in [1.82, 2.24) is 25.9 Å². The van der Waals surface area contributed by atoms with Gasteiger partial charge >= 0.3 is 11.9 Å². The third-order valence-electron chi connectivity index (χ3n) is 4.89. The summed E-state index contributed by atoms with van der Waals surface area (Å²) in [6.07, 6.45) is 1.49. The number of aromatic nitrogens is 2. The van der Waals surface area contributed by atoms with Crippen LogP contribution in [0.15, 0.2) is 12.5 Å². The smallest absolute Gasteiger partial charge is 0.326 e. The molecule has 1 aromatic heterocycles. The zero-order valence-corrected chi connectivity index (χ0v) is 19.3. The van der Waals surface area contributed by atoms with Crippen molar-refractivity contribution in [3.8, 4) is 0 Å². The summed E-state index contributed by atoms with van der Waals surface area (Å²) < 4.78 is 0. The number of carbonyl (C=O) groups excluding carboxylic acids is 4. The van der Waals surface area contributed by atoms with Crippen molar-refractivity contribution in [3.05, 3.63) is 18.2 Å². The van der Waals surface area contributed by atoms with Crippen LogP contribution < -0.4 is 27.4 Å². The largest absolute Gasteiger partial charge is 0.481 e. The SMILES string of the molecule is CC(C)C(NC(=O)C(N)CCC(N)=O)C(=O)NC(CC(=O)O)C(=O)NC(Cc1cnc[nH]1)C(=O)O. The number of nitrogens with two attached hydrogens (primary N) is 2. The minimum absolute atomic E-state index is 0.0510. The van der Waals surface area contributed by atoms with Crippen LogP contribution in [0.4, 0.5) is 0 Å². The minimum atomic E-state index is -1.63. The first-order valence-corrected chi connectivity index (χ1v) is 10.7. The van der Waals surface area contributed by atoms with Crippen LogP contribution in [0.5, 0.6) is 0 Å². The molecule has 0 aliphatic heterocycles. The lowest BCUT2D eigenvalue weighted by molar-refractivity contribution is -0.143. The summed E-state index contributed by atoms with van der Waals surface area (Å²) in [5, 5.41) is 25.5. The molecule has 0 saturated carbocycles. The van der Waals surface area contributed by atoms with Gasteiger partial charge in [-0.1, -0.05) is 13.8 Å². The fourth-order valence-corrected chi connectivity index (χ4v) is 2.96. The molecule has 0 bridgehead atoms. The second-order valence-electron chi connectivity index (χ2n) is 8.18. The maximum absolute atomic E-state index is 12.8. The lowest BCUT2D eigenvalue weighted by atomic mass is 10.0. The van der Waals surface area contributed by atoms with Crippen LogP contribution in [-0.2, 0) is 35.2 Å². The van der Waals surface area contributed by atoms with Crippen LogP contribution in [-0.4, -0.2) is 79.9 Å². The molecule has 1 heterocycles. The molecule has 4 atom stereocenters. The number of H-pyrrole nitrogens is 1. The number of imidazole rings is 1. The molecule has 194 valence electrons. The molecule has 1 rings (SSSR count). The molecule has 4 amide bonds. The normalized spacial score (nSPS) is 14.3. The van der Waals surface area contributed by atoms with Crippen LogP contribution >= 0.6 is 0 Å². The first kappa shape index (κ1) is 29.0. The zero-order valence-electron chi connectivity index (χ0n) is 19.3. The molecule has 0 aliphatic rings. The monoisotopic (exact) mass is 497 g/mol. The fraction of sp³-hybridized carbons (Fsp3) is 0.550. The second-order valence-corrected chi connectivity index (χ2v) is 8.18. The van der Waals surface area contributed by atoms with Gasteiger partial charge in [-0.05, 0) is 12.3 Å². The fourth-order valence-electron chi connectivity index (χ4n) is 2.96. The zero-order chi connectivity index (χ0) is 26.7. The van der Waals surface area contributed by atoms with Crippen molar-refractivity contribution in [2.45, 2.75) is 63.7 Å². The van der Waals surface area contributed by atoms with Gasteiger partial charge in [0.1, 0.15) is 18.1 Å². The topological polar surface area (TPSA) is 260 Å². The highest BCUT2D eigenvalue weighted by atomic mass is 16.4. The Morgan fingerprint density at radius 1 is 1.00 bits per heavy atom. The lowest BCUT2D eigenvalue weighted by Crippen LogP contribution is -2.59. The van der Waals surface area contributed by atoms with E-state index in [0.717, 1.165) is 0 Å². The molecule has 0 aliphatic carbocycles. The molecule has 0 radical (unpaired) electrons. The highest BCUT2D eigenvalue weighted by Crippen LogP contribution is 2.06. The molecule has 1 aromatic rings. The Morgan fingerprint density at radius 2 is 1.63 bits per heavy atom. The predicted octanol–water partition coefficient (Wildman–Crippen LogP) is -2.79. The quantitative estimate of drug-likeness (QED) is 0.123. The van der Waals surface area contributed by atoms with E-state index in [1.54, 1.807) is 13.8 Å². The molecule has 10 N–H and O–H groups in total. The van der Waals surface area contributed by atoms with Gasteiger partial charge in [-0.2, -0.15) is 0 Å². The molecule has 0 aromatic carbocycles. The number of hydrogen-bond acceptors (Lipinski definition) is 8. The molecule has 0 saturated heterocycles. The number of amides is 4. The number of carboxylic acid groups (broad SMARTS) is 2. The Labute approximate surface area is 200 Å². The summed E-state index contributed by atoms with van der Waals surface area (Å²) in [4.78, 5) is 78.1. The first-order chi connectivity index (χ1) is 16.3. The number of nitrogens with zero attached hydrogens (tertiary/aromatic N) is 1. The van der Waals surface area contributed by atoms with Gasteiger partial charge < -0.3 is 42.6 Å². The number of primary amides is 1. The van der Waals surface area contributed by atoms with Gasteiger partial charge in [-0.3, -0.25) is 24.0 Å². The summed E-state index contributed by atoms with van der Waals surface area (Å²) in [7, 11) is 0. The molecule has 35 heavy (non-hydrogen) atoms. The summed E-state index contributed by atoms with van der Waals surface area (Å²) >= 11 is 0. The molecule has 15 heteroatoms. The molecule has 0 spiro atoms. The number of nitrogens with one attached hydrogen (secondary N) is 4. The van der Waals surface area contributed by atoms with Gasteiger partial charge in [0.05, 0.1) is 18.8 Å².